The molecule has 0 aromatic carbocycles. The monoisotopic (exact) mass is 216 g/mol. The zero-order chi connectivity index (χ0) is 11.1. The molecule has 0 aromatic heterocycles. The Morgan fingerprint density at radius 2 is 2.20 bits per heavy atom. The number of carbonyl (C=O) groups excluding carboxylic acids is 1. The van der Waals surface area contributed by atoms with Gasteiger partial charge in [-0.05, 0) is 0 Å². The molecule has 1 aliphatic rings. The Morgan fingerprint density at radius 3 is 2.80 bits per heavy atom. The summed E-state index contributed by atoms with van der Waals surface area (Å²) in [6, 6.07) is 0.441. The first-order valence-electron chi connectivity index (χ1n) is 5.40. The third kappa shape index (κ3) is 5.11. The highest BCUT2D eigenvalue weighted by Crippen LogP contribution is 1.99. The average molecular weight is 216 g/mol. The van der Waals surface area contributed by atoms with Crippen LogP contribution in [0, 0.1) is 0 Å². The van der Waals surface area contributed by atoms with Gasteiger partial charge in [0.1, 0.15) is 0 Å². The van der Waals surface area contributed by atoms with Crippen LogP contribution in [0.5, 0.6) is 0 Å². The zero-order valence-electron chi connectivity index (χ0n) is 9.41. The lowest BCUT2D eigenvalue weighted by Crippen LogP contribution is -2.45. The van der Waals surface area contributed by atoms with Crippen LogP contribution in [0.4, 0.5) is 0 Å². The number of nitrogens with one attached hydrogen (secondary N) is 2. The van der Waals surface area contributed by atoms with E-state index in [1.807, 2.05) is 0 Å². The maximum atomic E-state index is 11.5. The van der Waals surface area contributed by atoms with Crippen molar-refractivity contribution in [3.8, 4) is 0 Å². The molecule has 0 aliphatic carbocycles. The van der Waals surface area contributed by atoms with Gasteiger partial charge in [-0.1, -0.05) is 13.8 Å². The molecule has 15 heavy (non-hydrogen) atoms. The first-order chi connectivity index (χ1) is 7.20. The number of hydrogen-bond acceptors (Lipinski definition) is 4. The number of ether oxygens (including phenoxy) is 2. The minimum atomic E-state index is -0.433. The van der Waals surface area contributed by atoms with Gasteiger partial charge in [0.2, 0.25) is 0 Å². The predicted molar refractivity (Wildman–Crippen MR) is 56.7 cm³/mol. The lowest BCUT2D eigenvalue weighted by Gasteiger charge is -2.22. The summed E-state index contributed by atoms with van der Waals surface area (Å²) in [6.07, 6.45) is -0.433. The van der Waals surface area contributed by atoms with Crippen LogP contribution >= 0.6 is 0 Å². The maximum absolute atomic E-state index is 11.5. The standard InChI is InChI=1S/C10H20N2O3/c1-8(2)11-3-4-12-10(13)9-7-14-5-6-15-9/h8-9,11H,3-7H2,1-2H3,(H,12,13). The van der Waals surface area contributed by atoms with Crippen molar-refractivity contribution in [3.63, 3.8) is 0 Å². The molecule has 0 radical (unpaired) electrons. The lowest BCUT2D eigenvalue weighted by atomic mass is 10.3. The highest BCUT2D eigenvalue weighted by atomic mass is 16.6. The molecule has 1 rings (SSSR count). The summed E-state index contributed by atoms with van der Waals surface area (Å²) in [5.41, 5.74) is 0. The minimum Gasteiger partial charge on any atom is -0.376 e. The first kappa shape index (κ1) is 12.4. The Kier molecular flexibility index (Phi) is 5.60. The van der Waals surface area contributed by atoms with Crippen molar-refractivity contribution in [2.45, 2.75) is 26.0 Å². The SMILES string of the molecule is CC(C)NCCNC(=O)C1COCCO1. The maximum Gasteiger partial charge on any atom is 0.251 e. The third-order valence-electron chi connectivity index (χ3n) is 2.09. The zero-order valence-corrected chi connectivity index (χ0v) is 9.41. The van der Waals surface area contributed by atoms with Crippen molar-refractivity contribution >= 4 is 5.91 Å². The molecule has 0 saturated carbocycles. The van der Waals surface area contributed by atoms with Crippen LogP contribution in [0.15, 0.2) is 0 Å². The molecule has 88 valence electrons. The van der Waals surface area contributed by atoms with Gasteiger partial charge in [-0.2, -0.15) is 0 Å². The number of carbonyl (C=O) groups is 1. The van der Waals surface area contributed by atoms with E-state index in [0.717, 1.165) is 6.54 Å². The molecular formula is C10H20N2O3. The van der Waals surface area contributed by atoms with E-state index < -0.39 is 6.10 Å². The van der Waals surface area contributed by atoms with Crippen molar-refractivity contribution in [3.05, 3.63) is 0 Å². The molecule has 0 bridgehead atoms. The molecule has 1 unspecified atom stereocenters. The molecule has 1 fully saturated rings. The Labute approximate surface area is 90.5 Å². The normalized spacial score (nSPS) is 21.7. The summed E-state index contributed by atoms with van der Waals surface area (Å²) >= 11 is 0. The Morgan fingerprint density at radius 1 is 1.40 bits per heavy atom. The van der Waals surface area contributed by atoms with Crippen LogP contribution in [0.2, 0.25) is 0 Å². The van der Waals surface area contributed by atoms with Gasteiger partial charge in [-0.3, -0.25) is 4.79 Å². The van der Waals surface area contributed by atoms with Crippen LogP contribution in [-0.2, 0) is 14.3 Å². The Hall–Kier alpha value is -0.650. The van der Waals surface area contributed by atoms with Crippen LogP contribution in [0.25, 0.3) is 0 Å². The number of rotatable bonds is 5. The fourth-order valence-corrected chi connectivity index (χ4v) is 1.30. The molecule has 1 heterocycles. The van der Waals surface area contributed by atoms with E-state index >= 15 is 0 Å². The highest BCUT2D eigenvalue weighted by Gasteiger charge is 2.21. The minimum absolute atomic E-state index is 0.0831. The van der Waals surface area contributed by atoms with Gasteiger partial charge in [0.15, 0.2) is 6.10 Å². The second kappa shape index (κ2) is 6.76. The topological polar surface area (TPSA) is 59.6 Å². The van der Waals surface area contributed by atoms with E-state index in [0.29, 0.717) is 32.4 Å². The van der Waals surface area contributed by atoms with Gasteiger partial charge < -0.3 is 20.1 Å². The van der Waals surface area contributed by atoms with Crippen molar-refractivity contribution in [1.82, 2.24) is 10.6 Å². The lowest BCUT2D eigenvalue weighted by molar-refractivity contribution is -0.147. The number of hydrogen-bond donors (Lipinski definition) is 2. The predicted octanol–water partition coefficient (Wildman–Crippen LogP) is -0.484. The van der Waals surface area contributed by atoms with Crippen molar-refractivity contribution < 1.29 is 14.3 Å². The Bertz CT molecular complexity index is 191. The number of amides is 1. The van der Waals surface area contributed by atoms with Crippen LogP contribution in [0.1, 0.15) is 13.8 Å². The molecule has 1 aliphatic heterocycles. The first-order valence-corrected chi connectivity index (χ1v) is 5.40. The fraction of sp³-hybridized carbons (Fsp3) is 0.900. The molecule has 0 spiro atoms. The summed E-state index contributed by atoms with van der Waals surface area (Å²) in [6.45, 7) is 6.98. The van der Waals surface area contributed by atoms with Crippen LogP contribution < -0.4 is 10.6 Å². The van der Waals surface area contributed by atoms with E-state index in [-0.39, 0.29) is 5.91 Å². The summed E-state index contributed by atoms with van der Waals surface area (Å²) in [5, 5.41) is 6.02. The smallest absolute Gasteiger partial charge is 0.251 e. The summed E-state index contributed by atoms with van der Waals surface area (Å²) in [7, 11) is 0. The van der Waals surface area contributed by atoms with E-state index in [2.05, 4.69) is 24.5 Å². The second-order valence-electron chi connectivity index (χ2n) is 3.83. The van der Waals surface area contributed by atoms with Crippen molar-refractivity contribution in [2.24, 2.45) is 0 Å². The molecule has 0 aromatic rings. The summed E-state index contributed by atoms with van der Waals surface area (Å²) in [5.74, 6) is -0.0831. The van der Waals surface area contributed by atoms with E-state index in [1.54, 1.807) is 0 Å². The average Bonchev–Trinajstić information content (AvgIpc) is 2.25. The highest BCUT2D eigenvalue weighted by molar-refractivity contribution is 5.80. The van der Waals surface area contributed by atoms with E-state index in [9.17, 15) is 4.79 Å². The van der Waals surface area contributed by atoms with Gasteiger partial charge >= 0.3 is 0 Å². The van der Waals surface area contributed by atoms with Gasteiger partial charge in [-0.15, -0.1) is 0 Å². The quantitative estimate of drug-likeness (QED) is 0.609. The molecule has 1 amide bonds. The second-order valence-corrected chi connectivity index (χ2v) is 3.83. The van der Waals surface area contributed by atoms with E-state index in [1.165, 1.54) is 0 Å². The van der Waals surface area contributed by atoms with Crippen LogP contribution in [-0.4, -0.2) is 51.0 Å². The van der Waals surface area contributed by atoms with Gasteiger partial charge in [0.25, 0.3) is 5.91 Å². The van der Waals surface area contributed by atoms with Gasteiger partial charge in [-0.25, -0.2) is 0 Å². The van der Waals surface area contributed by atoms with Crippen LogP contribution in [0.3, 0.4) is 0 Å². The third-order valence-corrected chi connectivity index (χ3v) is 2.09. The summed E-state index contributed by atoms with van der Waals surface area (Å²) < 4.78 is 10.4. The van der Waals surface area contributed by atoms with Gasteiger partial charge in [0, 0.05) is 19.1 Å². The molecule has 2 N–H and O–H groups in total. The van der Waals surface area contributed by atoms with E-state index in [4.69, 9.17) is 9.47 Å². The fourth-order valence-electron chi connectivity index (χ4n) is 1.30. The largest absolute Gasteiger partial charge is 0.376 e. The summed E-state index contributed by atoms with van der Waals surface area (Å²) in [4.78, 5) is 11.5. The molecule has 5 nitrogen and oxygen atoms in total. The van der Waals surface area contributed by atoms with Crippen molar-refractivity contribution in [1.29, 1.82) is 0 Å². The van der Waals surface area contributed by atoms with Crippen molar-refractivity contribution in [2.75, 3.05) is 32.9 Å². The molecule has 1 atom stereocenters. The van der Waals surface area contributed by atoms with Gasteiger partial charge in [0.05, 0.1) is 19.8 Å². The molecule has 1 saturated heterocycles. The molecular weight excluding hydrogens is 196 g/mol. The Balaban J connectivity index is 2.07. The molecule has 5 heteroatoms.